The largest absolute Gasteiger partial charge is 0.467 e. The Labute approximate surface area is 76.3 Å². The number of hydrogen-bond acceptors (Lipinski definition) is 4. The first-order chi connectivity index (χ1) is 6.06. The summed E-state index contributed by atoms with van der Waals surface area (Å²) in [5, 5.41) is 9.26. The smallest absolute Gasteiger partial charge is 0.328 e. The maximum Gasteiger partial charge on any atom is 0.328 e. The molecule has 5 nitrogen and oxygen atoms in total. The predicted molar refractivity (Wildman–Crippen MR) is 43.8 cm³/mol. The molecular weight excluding hydrogens is 174 g/mol. The van der Waals surface area contributed by atoms with E-state index in [9.17, 15) is 14.7 Å². The molecule has 1 saturated heterocycles. The Hall–Kier alpha value is -1.10. The number of aliphatic hydroxyl groups excluding tert-OH is 1. The highest BCUT2D eigenvalue weighted by Gasteiger charge is 2.37. The van der Waals surface area contributed by atoms with Gasteiger partial charge in [-0.25, -0.2) is 4.79 Å². The molecule has 1 heterocycles. The van der Waals surface area contributed by atoms with E-state index in [1.807, 2.05) is 0 Å². The zero-order valence-corrected chi connectivity index (χ0v) is 7.69. The van der Waals surface area contributed by atoms with Crippen molar-refractivity contribution in [2.45, 2.75) is 25.5 Å². The van der Waals surface area contributed by atoms with Gasteiger partial charge in [0.2, 0.25) is 5.91 Å². The normalized spacial score (nSPS) is 27.5. The Morgan fingerprint density at radius 2 is 2.15 bits per heavy atom. The van der Waals surface area contributed by atoms with Crippen LogP contribution in [0.25, 0.3) is 0 Å². The molecule has 0 aromatic rings. The van der Waals surface area contributed by atoms with Gasteiger partial charge < -0.3 is 14.7 Å². The van der Waals surface area contributed by atoms with Crippen LogP contribution >= 0.6 is 0 Å². The van der Waals surface area contributed by atoms with Gasteiger partial charge in [-0.15, -0.1) is 0 Å². The molecule has 0 aromatic carbocycles. The molecule has 2 atom stereocenters. The van der Waals surface area contributed by atoms with Gasteiger partial charge in [0.25, 0.3) is 0 Å². The number of aliphatic hydroxyl groups is 1. The molecule has 0 spiro atoms. The van der Waals surface area contributed by atoms with Crippen LogP contribution in [-0.4, -0.2) is 47.7 Å². The third kappa shape index (κ3) is 1.98. The van der Waals surface area contributed by atoms with Crippen molar-refractivity contribution in [2.24, 2.45) is 0 Å². The molecule has 74 valence electrons. The van der Waals surface area contributed by atoms with Crippen LogP contribution < -0.4 is 0 Å². The molecule has 1 N–H and O–H groups in total. The zero-order valence-electron chi connectivity index (χ0n) is 7.69. The fourth-order valence-electron chi connectivity index (χ4n) is 1.52. The van der Waals surface area contributed by atoms with Crippen molar-refractivity contribution in [3.05, 3.63) is 0 Å². The van der Waals surface area contributed by atoms with Gasteiger partial charge in [0.05, 0.1) is 13.2 Å². The number of likely N-dealkylation sites (tertiary alicyclic amines) is 1. The molecule has 0 aliphatic carbocycles. The van der Waals surface area contributed by atoms with Gasteiger partial charge >= 0.3 is 5.97 Å². The summed E-state index contributed by atoms with van der Waals surface area (Å²) in [6, 6.07) is -0.613. The number of hydrogen-bond donors (Lipinski definition) is 1. The van der Waals surface area contributed by atoms with Gasteiger partial charge in [0.1, 0.15) is 6.04 Å². The molecule has 0 bridgehead atoms. The number of methoxy groups -OCH3 is 1. The van der Waals surface area contributed by atoms with Crippen molar-refractivity contribution in [1.29, 1.82) is 0 Å². The zero-order chi connectivity index (χ0) is 10.0. The summed E-state index contributed by atoms with van der Waals surface area (Å²) in [6.07, 6.45) is -0.347. The van der Waals surface area contributed by atoms with E-state index in [2.05, 4.69) is 4.74 Å². The van der Waals surface area contributed by atoms with E-state index in [-0.39, 0.29) is 18.9 Å². The molecule has 13 heavy (non-hydrogen) atoms. The minimum atomic E-state index is -0.618. The third-order valence-electron chi connectivity index (χ3n) is 2.16. The standard InChI is InChI=1S/C8H13NO4/c1-5(10)9-4-6(11)3-7(9)8(12)13-2/h6-7,11H,3-4H2,1-2H3/t6-,7+/m0/s1. The van der Waals surface area contributed by atoms with E-state index in [4.69, 9.17) is 0 Å². The molecule has 0 radical (unpaired) electrons. The van der Waals surface area contributed by atoms with Gasteiger partial charge in [-0.05, 0) is 0 Å². The second-order valence-corrected chi connectivity index (χ2v) is 3.10. The van der Waals surface area contributed by atoms with Gasteiger partial charge in [0.15, 0.2) is 0 Å². The first kappa shape index (κ1) is 9.98. The quantitative estimate of drug-likeness (QED) is 0.542. The fourth-order valence-corrected chi connectivity index (χ4v) is 1.52. The summed E-state index contributed by atoms with van der Waals surface area (Å²) >= 11 is 0. The molecule has 1 aliphatic rings. The third-order valence-corrected chi connectivity index (χ3v) is 2.16. The number of rotatable bonds is 1. The molecule has 1 rings (SSSR count). The first-order valence-corrected chi connectivity index (χ1v) is 4.09. The summed E-state index contributed by atoms with van der Waals surface area (Å²) in [5.41, 5.74) is 0. The van der Waals surface area contributed by atoms with Crippen LogP contribution in [0.1, 0.15) is 13.3 Å². The maximum absolute atomic E-state index is 11.1. The molecule has 0 unspecified atom stereocenters. The monoisotopic (exact) mass is 187 g/mol. The summed E-state index contributed by atoms with van der Waals surface area (Å²) < 4.78 is 4.52. The summed E-state index contributed by atoms with van der Waals surface area (Å²) in [5.74, 6) is -0.682. The highest BCUT2D eigenvalue weighted by Crippen LogP contribution is 2.18. The summed E-state index contributed by atoms with van der Waals surface area (Å²) in [6.45, 7) is 1.59. The minimum absolute atomic E-state index is 0.216. The average molecular weight is 187 g/mol. The van der Waals surface area contributed by atoms with E-state index >= 15 is 0 Å². The van der Waals surface area contributed by atoms with Gasteiger partial charge in [-0.3, -0.25) is 4.79 Å². The maximum atomic E-state index is 11.1. The molecule has 0 saturated carbocycles. The highest BCUT2D eigenvalue weighted by atomic mass is 16.5. The number of carbonyl (C=O) groups excluding carboxylic acids is 2. The second-order valence-electron chi connectivity index (χ2n) is 3.10. The van der Waals surface area contributed by atoms with Crippen LogP contribution in [0.3, 0.4) is 0 Å². The summed E-state index contributed by atoms with van der Waals surface area (Å²) in [7, 11) is 1.27. The Morgan fingerprint density at radius 3 is 2.62 bits per heavy atom. The van der Waals surface area contributed by atoms with Crippen molar-refractivity contribution < 1.29 is 19.4 Å². The summed E-state index contributed by atoms with van der Waals surface area (Å²) in [4.78, 5) is 23.5. The number of carbonyl (C=O) groups is 2. The number of ether oxygens (including phenoxy) is 1. The Kier molecular flexibility index (Phi) is 2.87. The Morgan fingerprint density at radius 1 is 1.54 bits per heavy atom. The molecule has 1 aliphatic heterocycles. The van der Waals surface area contributed by atoms with Crippen molar-refractivity contribution in [1.82, 2.24) is 4.90 Å². The lowest BCUT2D eigenvalue weighted by Gasteiger charge is -2.20. The Balaban J connectivity index is 2.71. The van der Waals surface area contributed by atoms with Gasteiger partial charge in [-0.2, -0.15) is 0 Å². The van der Waals surface area contributed by atoms with Gasteiger partial charge in [-0.1, -0.05) is 0 Å². The number of amides is 1. The first-order valence-electron chi connectivity index (χ1n) is 4.09. The molecule has 5 heteroatoms. The average Bonchev–Trinajstić information content (AvgIpc) is 2.46. The lowest BCUT2D eigenvalue weighted by molar-refractivity contribution is -0.150. The van der Waals surface area contributed by atoms with Crippen LogP contribution in [0.15, 0.2) is 0 Å². The van der Waals surface area contributed by atoms with Crippen LogP contribution in [0.2, 0.25) is 0 Å². The van der Waals surface area contributed by atoms with Gasteiger partial charge in [0, 0.05) is 19.9 Å². The number of β-amino-alcohol motifs (C(OH)–C–C–N with tert-alkyl or cyclic N) is 1. The molecule has 0 aromatic heterocycles. The van der Waals surface area contributed by atoms with Crippen molar-refractivity contribution in [3.8, 4) is 0 Å². The van der Waals surface area contributed by atoms with Crippen LogP contribution in [0.5, 0.6) is 0 Å². The number of nitrogens with zero attached hydrogens (tertiary/aromatic N) is 1. The number of esters is 1. The second kappa shape index (κ2) is 3.74. The fraction of sp³-hybridized carbons (Fsp3) is 0.750. The topological polar surface area (TPSA) is 66.8 Å². The van der Waals surface area contributed by atoms with Crippen molar-refractivity contribution in [2.75, 3.05) is 13.7 Å². The van der Waals surface area contributed by atoms with E-state index in [0.717, 1.165) is 0 Å². The lowest BCUT2D eigenvalue weighted by atomic mass is 10.2. The highest BCUT2D eigenvalue weighted by molar-refractivity contribution is 5.84. The van der Waals surface area contributed by atoms with E-state index in [1.165, 1.54) is 18.9 Å². The SMILES string of the molecule is COC(=O)[C@H]1C[C@H](O)CN1C(C)=O. The van der Waals surface area contributed by atoms with E-state index in [1.54, 1.807) is 0 Å². The van der Waals surface area contributed by atoms with E-state index < -0.39 is 18.1 Å². The van der Waals surface area contributed by atoms with Crippen LogP contribution in [-0.2, 0) is 14.3 Å². The van der Waals surface area contributed by atoms with E-state index in [0.29, 0.717) is 0 Å². The lowest BCUT2D eigenvalue weighted by Crippen LogP contribution is -2.39. The van der Waals surface area contributed by atoms with Crippen molar-refractivity contribution >= 4 is 11.9 Å². The van der Waals surface area contributed by atoms with Crippen LogP contribution in [0, 0.1) is 0 Å². The minimum Gasteiger partial charge on any atom is -0.467 e. The molecule has 1 fully saturated rings. The van der Waals surface area contributed by atoms with Crippen LogP contribution in [0.4, 0.5) is 0 Å². The Bertz CT molecular complexity index is 228. The van der Waals surface area contributed by atoms with Crippen molar-refractivity contribution in [3.63, 3.8) is 0 Å². The molecule has 1 amide bonds. The predicted octanol–water partition coefficient (Wildman–Crippen LogP) is -0.859. The molecular formula is C8H13NO4.